The van der Waals surface area contributed by atoms with E-state index in [1.54, 1.807) is 13.8 Å². The normalized spacial score (nSPS) is 14.3. The first-order valence-corrected chi connectivity index (χ1v) is 16.7. The number of guanidine groups is 1. The summed E-state index contributed by atoms with van der Waals surface area (Å²) in [4.78, 5) is 104. The van der Waals surface area contributed by atoms with E-state index in [-0.39, 0.29) is 50.7 Å². The molecule has 22 nitrogen and oxygen atoms in total. The molecular weight excluding hydrogens is 690 g/mol. The van der Waals surface area contributed by atoms with Gasteiger partial charge in [0, 0.05) is 6.54 Å². The minimum absolute atomic E-state index is 0.00522. The fraction of sp³-hybridized carbons (Fsp3) is 0.700. The Kier molecular flexibility index (Phi) is 22.5. The Morgan fingerprint density at radius 3 is 1.71 bits per heavy atom. The van der Waals surface area contributed by atoms with Gasteiger partial charge in [-0.05, 0) is 57.9 Å². The molecule has 0 bridgehead atoms. The highest BCUT2D eigenvalue weighted by atomic mass is 16.4. The Morgan fingerprint density at radius 2 is 1.17 bits per heavy atom. The van der Waals surface area contributed by atoms with Crippen LogP contribution in [0.4, 0.5) is 0 Å². The second-order valence-corrected chi connectivity index (χ2v) is 12.3. The molecule has 0 unspecified atom stereocenters. The van der Waals surface area contributed by atoms with Gasteiger partial charge in [-0.25, -0.2) is 0 Å². The van der Waals surface area contributed by atoms with Crippen molar-refractivity contribution in [2.45, 2.75) is 102 Å². The predicted molar refractivity (Wildman–Crippen MR) is 186 cm³/mol. The van der Waals surface area contributed by atoms with Gasteiger partial charge < -0.3 is 70.2 Å². The number of aliphatic carboxylic acids is 2. The maximum absolute atomic E-state index is 13.4. The number of carboxylic acid groups (broad SMARTS) is 2. The quantitative estimate of drug-likeness (QED) is 0.0223. The first kappa shape index (κ1) is 46.9. The van der Waals surface area contributed by atoms with Crippen LogP contribution in [0.3, 0.4) is 0 Å². The number of nitrogens with one attached hydrogen (secondary N) is 6. The second-order valence-electron chi connectivity index (χ2n) is 12.3. The van der Waals surface area contributed by atoms with Gasteiger partial charge in [-0.3, -0.25) is 43.3 Å². The molecule has 0 radical (unpaired) electrons. The Hall–Kier alpha value is -5.09. The van der Waals surface area contributed by atoms with Crippen molar-refractivity contribution in [3.05, 3.63) is 0 Å². The molecule has 17 N–H and O–H groups in total. The van der Waals surface area contributed by atoms with Crippen molar-refractivity contribution in [1.29, 1.82) is 0 Å². The number of amides is 6. The maximum Gasteiger partial charge on any atom is 0.322 e. The number of carboxylic acids is 2. The number of aliphatic imine (C=N–C) groups is 1. The fourth-order valence-corrected chi connectivity index (χ4v) is 4.49. The van der Waals surface area contributed by atoms with Gasteiger partial charge in [-0.15, -0.1) is 0 Å². The zero-order valence-electron chi connectivity index (χ0n) is 29.7. The third-order valence-corrected chi connectivity index (χ3v) is 7.21. The summed E-state index contributed by atoms with van der Waals surface area (Å²) in [5.41, 5.74) is 21.7. The van der Waals surface area contributed by atoms with E-state index >= 15 is 0 Å². The van der Waals surface area contributed by atoms with E-state index in [1.807, 2.05) is 0 Å². The van der Waals surface area contributed by atoms with E-state index in [0.717, 1.165) is 0 Å². The molecule has 0 rings (SSSR count). The molecule has 0 saturated carbocycles. The topological polar surface area (TPSA) is 386 Å². The van der Waals surface area contributed by atoms with Crippen molar-refractivity contribution in [3.8, 4) is 0 Å². The molecule has 0 aliphatic carbocycles. The second kappa shape index (κ2) is 25.0. The van der Waals surface area contributed by atoms with Crippen LogP contribution in [0.5, 0.6) is 0 Å². The molecule has 22 heteroatoms. The number of carbonyl (C=O) groups is 8. The van der Waals surface area contributed by atoms with Crippen LogP contribution in [0.15, 0.2) is 4.99 Å². The smallest absolute Gasteiger partial charge is 0.322 e. The number of carbonyl (C=O) groups excluding carboxylic acids is 6. The summed E-state index contributed by atoms with van der Waals surface area (Å²) in [5.74, 6) is -8.48. The van der Waals surface area contributed by atoms with Crippen molar-refractivity contribution in [3.63, 3.8) is 0 Å². The average Bonchev–Trinajstić information content (AvgIpc) is 3.06. The van der Waals surface area contributed by atoms with Crippen molar-refractivity contribution in [2.24, 2.45) is 33.8 Å². The van der Waals surface area contributed by atoms with Crippen molar-refractivity contribution >= 4 is 53.3 Å². The van der Waals surface area contributed by atoms with Gasteiger partial charge in [-0.1, -0.05) is 13.8 Å². The van der Waals surface area contributed by atoms with Gasteiger partial charge in [-0.2, -0.15) is 0 Å². The minimum Gasteiger partial charge on any atom is -0.481 e. The van der Waals surface area contributed by atoms with Gasteiger partial charge in [0.15, 0.2) is 5.96 Å². The van der Waals surface area contributed by atoms with E-state index in [0.29, 0.717) is 12.8 Å². The monoisotopic (exact) mass is 745 g/mol. The molecule has 6 amide bonds. The Bertz CT molecular complexity index is 1260. The lowest BCUT2D eigenvalue weighted by Crippen LogP contribution is -2.59. The highest BCUT2D eigenvalue weighted by molar-refractivity contribution is 5.97. The van der Waals surface area contributed by atoms with Crippen LogP contribution in [-0.2, 0) is 38.4 Å². The minimum atomic E-state index is -1.71. The molecular formula is C30H55N11O11. The zero-order chi connectivity index (χ0) is 40.0. The van der Waals surface area contributed by atoms with Crippen LogP contribution < -0.4 is 54.8 Å². The van der Waals surface area contributed by atoms with Crippen LogP contribution in [0, 0.1) is 5.92 Å². The fourth-order valence-electron chi connectivity index (χ4n) is 4.49. The number of hydrogen-bond acceptors (Lipinski definition) is 12. The Balaban J connectivity index is 5.88. The maximum atomic E-state index is 13.4. The van der Waals surface area contributed by atoms with E-state index < -0.39 is 103 Å². The first-order valence-electron chi connectivity index (χ1n) is 16.7. The predicted octanol–water partition coefficient (Wildman–Crippen LogP) is -5.35. The van der Waals surface area contributed by atoms with Gasteiger partial charge in [0.25, 0.3) is 0 Å². The summed E-state index contributed by atoms with van der Waals surface area (Å²) in [6.45, 7) is 3.72. The van der Waals surface area contributed by atoms with Gasteiger partial charge in [0.05, 0.1) is 13.0 Å². The SMILES string of the molecule is CC(C)C[C@H](NC(=O)[C@H](C)NC(=O)[C@H](CC(=O)O)NC(=O)[C@H](CCCCN)NC(=O)[C@@H](N)CO)C(=O)N[C@@H](CCCN=C(N)N)C(=O)NCC(=O)O. The Labute approximate surface area is 301 Å². The molecule has 0 aromatic rings. The summed E-state index contributed by atoms with van der Waals surface area (Å²) < 4.78 is 0. The third-order valence-electron chi connectivity index (χ3n) is 7.21. The highest BCUT2D eigenvalue weighted by Gasteiger charge is 2.32. The molecule has 0 aromatic heterocycles. The lowest BCUT2D eigenvalue weighted by molar-refractivity contribution is -0.141. The number of aliphatic hydroxyl groups excluding tert-OH is 1. The lowest BCUT2D eigenvalue weighted by atomic mass is 10.0. The van der Waals surface area contributed by atoms with Crippen molar-refractivity contribution < 1.29 is 53.7 Å². The third kappa shape index (κ3) is 19.9. The molecule has 52 heavy (non-hydrogen) atoms. The average molecular weight is 746 g/mol. The summed E-state index contributed by atoms with van der Waals surface area (Å²) in [6, 6.07) is -8.16. The van der Waals surface area contributed by atoms with Gasteiger partial charge in [0.2, 0.25) is 35.4 Å². The molecule has 0 aliphatic heterocycles. The van der Waals surface area contributed by atoms with Crippen molar-refractivity contribution in [1.82, 2.24) is 31.9 Å². The number of nitrogens with zero attached hydrogens (tertiary/aromatic N) is 1. The first-order chi connectivity index (χ1) is 24.3. The number of hydrogen-bond donors (Lipinski definition) is 13. The molecule has 0 aromatic carbocycles. The van der Waals surface area contributed by atoms with E-state index in [1.165, 1.54) is 6.92 Å². The lowest BCUT2D eigenvalue weighted by Gasteiger charge is -2.26. The number of aliphatic hydroxyl groups is 1. The van der Waals surface area contributed by atoms with E-state index in [4.69, 9.17) is 28.0 Å². The highest BCUT2D eigenvalue weighted by Crippen LogP contribution is 2.08. The van der Waals surface area contributed by atoms with Crippen LogP contribution in [0.1, 0.15) is 65.7 Å². The molecule has 296 valence electrons. The van der Waals surface area contributed by atoms with Gasteiger partial charge >= 0.3 is 11.9 Å². The molecule has 0 fully saturated rings. The molecule has 0 aliphatic rings. The van der Waals surface area contributed by atoms with Gasteiger partial charge in [0.1, 0.15) is 42.8 Å². The number of rotatable bonds is 26. The summed E-state index contributed by atoms with van der Waals surface area (Å²) in [7, 11) is 0. The standard InChI is InChI=1S/C30H55N11O11/c1-15(2)11-20(29(52)39-18(8-6-10-35-30(33)34)26(49)36-13-23(45)46)40-24(47)16(3)37-28(51)21(12-22(43)44)41-27(50)19(7-4-5-9-31)38-25(48)17(32)14-42/h15-21,42H,4-14,31-32H2,1-3H3,(H,36,49)(H,37,51)(H,38,48)(H,39,52)(H,40,47)(H,41,50)(H,43,44)(H,45,46)(H4,33,34,35)/t16-,17-,18-,19-,20-,21-/m0/s1. The summed E-state index contributed by atoms with van der Waals surface area (Å²) in [5, 5.41) is 41.7. The van der Waals surface area contributed by atoms with Crippen molar-refractivity contribution in [2.75, 3.05) is 26.2 Å². The largest absolute Gasteiger partial charge is 0.481 e. The van der Waals surface area contributed by atoms with E-state index in [2.05, 4.69) is 36.9 Å². The van der Waals surface area contributed by atoms with Crippen LogP contribution in [-0.4, -0.2) is 131 Å². The van der Waals surface area contributed by atoms with Crippen LogP contribution >= 0.6 is 0 Å². The number of unbranched alkanes of at least 4 members (excludes halogenated alkanes) is 1. The zero-order valence-corrected chi connectivity index (χ0v) is 29.7. The molecule has 0 saturated heterocycles. The summed E-state index contributed by atoms with van der Waals surface area (Å²) in [6.07, 6.45) is 0.288. The molecule has 0 spiro atoms. The molecule has 6 atom stereocenters. The van der Waals surface area contributed by atoms with Crippen LogP contribution in [0.2, 0.25) is 0 Å². The summed E-state index contributed by atoms with van der Waals surface area (Å²) >= 11 is 0. The Morgan fingerprint density at radius 1 is 0.654 bits per heavy atom. The molecule has 0 heterocycles. The van der Waals surface area contributed by atoms with Crippen LogP contribution in [0.25, 0.3) is 0 Å². The number of nitrogens with two attached hydrogens (primary N) is 4. The van der Waals surface area contributed by atoms with E-state index in [9.17, 15) is 48.6 Å².